The van der Waals surface area contributed by atoms with Gasteiger partial charge in [0.25, 0.3) is 0 Å². The molecule has 1 nitrogen and oxygen atoms in total. The van der Waals surface area contributed by atoms with Crippen LogP contribution in [0.2, 0.25) is 0 Å². The maximum atomic E-state index is 12.5. The molecule has 0 spiro atoms. The number of rotatable bonds is 2. The summed E-state index contributed by atoms with van der Waals surface area (Å²) in [7, 11) is 0. The average molecular weight is 257 g/mol. The van der Waals surface area contributed by atoms with Crippen LogP contribution in [-0.4, -0.2) is 24.5 Å². The predicted octanol–water partition coefficient (Wildman–Crippen LogP) is 3.90. The van der Waals surface area contributed by atoms with Gasteiger partial charge in [0, 0.05) is 6.54 Å². The molecule has 4 heteroatoms. The summed E-state index contributed by atoms with van der Waals surface area (Å²) in [4.78, 5) is 2.35. The third kappa shape index (κ3) is 3.05. The van der Waals surface area contributed by atoms with Crippen molar-refractivity contribution < 1.29 is 13.2 Å². The zero-order chi connectivity index (χ0) is 13.2. The first-order valence-electron chi connectivity index (χ1n) is 6.40. The molecule has 0 N–H and O–H groups in total. The van der Waals surface area contributed by atoms with Crippen molar-refractivity contribution >= 4 is 0 Å². The van der Waals surface area contributed by atoms with Crippen molar-refractivity contribution in [3.05, 3.63) is 35.4 Å². The van der Waals surface area contributed by atoms with E-state index in [2.05, 4.69) is 11.8 Å². The van der Waals surface area contributed by atoms with E-state index < -0.39 is 11.7 Å². The lowest BCUT2D eigenvalue weighted by atomic mass is 9.90. The molecule has 0 amide bonds. The van der Waals surface area contributed by atoms with Gasteiger partial charge < -0.3 is 4.90 Å². The van der Waals surface area contributed by atoms with E-state index in [9.17, 15) is 13.2 Å². The topological polar surface area (TPSA) is 3.24 Å². The number of hydrogen-bond donors (Lipinski definition) is 0. The monoisotopic (exact) mass is 257 g/mol. The molecular formula is C14H18F3N. The number of alkyl halides is 3. The number of benzene rings is 1. The van der Waals surface area contributed by atoms with Crippen molar-refractivity contribution in [2.75, 3.05) is 19.6 Å². The molecule has 0 radical (unpaired) electrons. The Hall–Kier alpha value is -1.03. The van der Waals surface area contributed by atoms with E-state index in [0.717, 1.165) is 38.0 Å². The standard InChI is InChI=1S/C14H18F3N/c1-2-18-9-3-4-12(10-18)11-5-7-13(8-6-11)14(15,16)17/h5-8,12H,2-4,9-10H2,1H3. The van der Waals surface area contributed by atoms with E-state index in [1.807, 2.05) is 0 Å². The molecule has 1 aliphatic heterocycles. The highest BCUT2D eigenvalue weighted by molar-refractivity contribution is 5.27. The maximum absolute atomic E-state index is 12.5. The van der Waals surface area contributed by atoms with Crippen LogP contribution >= 0.6 is 0 Å². The van der Waals surface area contributed by atoms with Crippen LogP contribution in [0.15, 0.2) is 24.3 Å². The molecule has 0 aromatic heterocycles. The fraction of sp³-hybridized carbons (Fsp3) is 0.571. The Morgan fingerprint density at radius 2 is 1.89 bits per heavy atom. The van der Waals surface area contributed by atoms with Gasteiger partial charge in [-0.3, -0.25) is 0 Å². The summed E-state index contributed by atoms with van der Waals surface area (Å²) in [6.07, 6.45) is -2.04. The van der Waals surface area contributed by atoms with Crippen LogP contribution in [0.1, 0.15) is 36.8 Å². The third-order valence-electron chi connectivity index (χ3n) is 3.66. The number of halogens is 3. The van der Waals surface area contributed by atoms with Gasteiger partial charge in [0.15, 0.2) is 0 Å². The van der Waals surface area contributed by atoms with E-state index in [4.69, 9.17) is 0 Å². The lowest BCUT2D eigenvalue weighted by Crippen LogP contribution is -2.34. The highest BCUT2D eigenvalue weighted by Gasteiger charge is 2.30. The SMILES string of the molecule is CCN1CCCC(c2ccc(C(F)(F)F)cc2)C1. The first-order chi connectivity index (χ1) is 8.50. The molecule has 1 atom stereocenters. The van der Waals surface area contributed by atoms with Gasteiger partial charge in [-0.25, -0.2) is 0 Å². The van der Waals surface area contributed by atoms with E-state index in [1.54, 1.807) is 12.1 Å². The lowest BCUT2D eigenvalue weighted by molar-refractivity contribution is -0.137. The molecule has 100 valence electrons. The van der Waals surface area contributed by atoms with Gasteiger partial charge in [-0.1, -0.05) is 19.1 Å². The van der Waals surface area contributed by atoms with Crippen molar-refractivity contribution in [1.82, 2.24) is 4.90 Å². The molecule has 1 saturated heterocycles. The van der Waals surface area contributed by atoms with Crippen molar-refractivity contribution in [1.29, 1.82) is 0 Å². The molecule has 1 aromatic carbocycles. The molecule has 1 aliphatic rings. The molecule has 1 aromatic rings. The largest absolute Gasteiger partial charge is 0.416 e. The molecule has 0 bridgehead atoms. The number of piperidine rings is 1. The number of nitrogens with zero attached hydrogens (tertiary/aromatic N) is 1. The summed E-state index contributed by atoms with van der Waals surface area (Å²) in [6.45, 7) is 5.20. The second-order valence-corrected chi connectivity index (χ2v) is 4.85. The molecule has 1 unspecified atom stereocenters. The van der Waals surface area contributed by atoms with Crippen LogP contribution in [0.5, 0.6) is 0 Å². The fourth-order valence-corrected chi connectivity index (χ4v) is 2.56. The van der Waals surface area contributed by atoms with Crippen molar-refractivity contribution in [2.45, 2.75) is 31.9 Å². The first kappa shape index (κ1) is 13.4. The molecule has 0 aliphatic carbocycles. The molecule has 18 heavy (non-hydrogen) atoms. The normalized spacial score (nSPS) is 22.1. The molecule has 1 fully saturated rings. The molecular weight excluding hydrogens is 239 g/mol. The zero-order valence-corrected chi connectivity index (χ0v) is 10.5. The van der Waals surface area contributed by atoms with Gasteiger partial charge >= 0.3 is 6.18 Å². The lowest BCUT2D eigenvalue weighted by Gasteiger charge is -2.32. The fourth-order valence-electron chi connectivity index (χ4n) is 2.56. The predicted molar refractivity (Wildman–Crippen MR) is 65.5 cm³/mol. The highest BCUT2D eigenvalue weighted by atomic mass is 19.4. The van der Waals surface area contributed by atoms with Gasteiger partial charge in [-0.15, -0.1) is 0 Å². The van der Waals surface area contributed by atoms with Crippen LogP contribution in [-0.2, 0) is 6.18 Å². The summed E-state index contributed by atoms with van der Waals surface area (Å²) in [5.74, 6) is 0.376. The number of likely N-dealkylation sites (tertiary alicyclic amines) is 1. The Kier molecular flexibility index (Phi) is 3.95. The Morgan fingerprint density at radius 1 is 1.22 bits per heavy atom. The Labute approximate surface area is 106 Å². The smallest absolute Gasteiger partial charge is 0.303 e. The minimum absolute atomic E-state index is 0.376. The third-order valence-corrected chi connectivity index (χ3v) is 3.66. The Bertz CT molecular complexity index is 383. The quantitative estimate of drug-likeness (QED) is 0.776. The summed E-state index contributed by atoms with van der Waals surface area (Å²) in [6, 6.07) is 5.65. The summed E-state index contributed by atoms with van der Waals surface area (Å²) in [5.41, 5.74) is 0.468. The second-order valence-electron chi connectivity index (χ2n) is 4.85. The average Bonchev–Trinajstić information content (AvgIpc) is 2.38. The number of hydrogen-bond acceptors (Lipinski definition) is 1. The van der Waals surface area contributed by atoms with Gasteiger partial charge in [0.05, 0.1) is 5.56 Å². The minimum atomic E-state index is -4.24. The van der Waals surface area contributed by atoms with Gasteiger partial charge in [-0.05, 0) is 49.5 Å². The first-order valence-corrected chi connectivity index (χ1v) is 6.40. The Balaban J connectivity index is 2.09. The number of likely N-dealkylation sites (N-methyl/N-ethyl adjacent to an activating group) is 1. The van der Waals surface area contributed by atoms with E-state index in [1.165, 1.54) is 12.1 Å². The molecule has 1 heterocycles. The van der Waals surface area contributed by atoms with Crippen molar-refractivity contribution in [2.24, 2.45) is 0 Å². The summed E-state index contributed by atoms with van der Waals surface area (Å²) < 4.78 is 37.4. The summed E-state index contributed by atoms with van der Waals surface area (Å²) >= 11 is 0. The van der Waals surface area contributed by atoms with E-state index in [0.29, 0.717) is 5.92 Å². The van der Waals surface area contributed by atoms with Crippen LogP contribution in [0.4, 0.5) is 13.2 Å². The highest BCUT2D eigenvalue weighted by Crippen LogP contribution is 2.32. The van der Waals surface area contributed by atoms with Gasteiger partial charge in [-0.2, -0.15) is 13.2 Å². The molecule has 0 saturated carbocycles. The van der Waals surface area contributed by atoms with Crippen molar-refractivity contribution in [3.63, 3.8) is 0 Å². The van der Waals surface area contributed by atoms with Crippen molar-refractivity contribution in [3.8, 4) is 0 Å². The van der Waals surface area contributed by atoms with Gasteiger partial charge in [0.1, 0.15) is 0 Å². The Morgan fingerprint density at radius 3 is 2.44 bits per heavy atom. The van der Waals surface area contributed by atoms with Crippen LogP contribution in [0, 0.1) is 0 Å². The van der Waals surface area contributed by atoms with Crippen LogP contribution in [0.3, 0.4) is 0 Å². The molecule has 2 rings (SSSR count). The minimum Gasteiger partial charge on any atom is -0.303 e. The zero-order valence-electron chi connectivity index (χ0n) is 10.5. The maximum Gasteiger partial charge on any atom is 0.416 e. The van der Waals surface area contributed by atoms with E-state index >= 15 is 0 Å². The van der Waals surface area contributed by atoms with Crippen LogP contribution in [0.25, 0.3) is 0 Å². The van der Waals surface area contributed by atoms with Crippen LogP contribution < -0.4 is 0 Å². The second kappa shape index (κ2) is 5.31. The van der Waals surface area contributed by atoms with E-state index in [-0.39, 0.29) is 0 Å². The summed E-state index contributed by atoms with van der Waals surface area (Å²) in [5, 5.41) is 0. The van der Waals surface area contributed by atoms with Gasteiger partial charge in [0.2, 0.25) is 0 Å².